The molecule has 4 atom stereocenters. The lowest BCUT2D eigenvalue weighted by Crippen LogP contribution is -2.41. The van der Waals surface area contributed by atoms with Gasteiger partial charge in [0.15, 0.2) is 14.9 Å². The summed E-state index contributed by atoms with van der Waals surface area (Å²) < 4.78 is 18.5. The van der Waals surface area contributed by atoms with E-state index in [0.29, 0.717) is 23.9 Å². The summed E-state index contributed by atoms with van der Waals surface area (Å²) in [7, 11) is -1.63. The fourth-order valence-corrected chi connectivity index (χ4v) is 9.36. The number of ether oxygens (including phenoxy) is 2. The fraction of sp³-hybridized carbons (Fsp3) is 0.567. The van der Waals surface area contributed by atoms with Crippen LogP contribution in [0.2, 0.25) is 18.1 Å². The van der Waals surface area contributed by atoms with Crippen LogP contribution < -0.4 is 4.74 Å². The second-order valence-electron chi connectivity index (χ2n) is 10.4. The van der Waals surface area contributed by atoms with Crippen LogP contribution in [0.1, 0.15) is 57.2 Å². The van der Waals surface area contributed by atoms with Gasteiger partial charge in [0.25, 0.3) is 0 Å². The van der Waals surface area contributed by atoms with Crippen LogP contribution in [0.15, 0.2) is 48.5 Å². The van der Waals surface area contributed by atoms with Crippen LogP contribution in [0, 0.1) is 17.8 Å². The zero-order valence-electron chi connectivity index (χ0n) is 21.9. The minimum absolute atomic E-state index is 0.0572. The van der Waals surface area contributed by atoms with Crippen LogP contribution in [-0.2, 0) is 33.4 Å². The van der Waals surface area contributed by atoms with Crippen LogP contribution in [0.3, 0.4) is 0 Å². The maximum Gasteiger partial charge on any atom is 0.344 e. The summed E-state index contributed by atoms with van der Waals surface area (Å²) in [5.41, 5.74) is 3.64. The number of benzene rings is 2. The molecule has 0 N–H and O–H groups in total. The van der Waals surface area contributed by atoms with E-state index in [2.05, 4.69) is 39.8 Å². The lowest BCUT2D eigenvalue weighted by molar-refractivity contribution is -0.147. The Kier molecular flexibility index (Phi) is 8.71. The van der Waals surface area contributed by atoms with Crippen LogP contribution in [-0.4, -0.2) is 27.0 Å². The van der Waals surface area contributed by atoms with Gasteiger partial charge in [-0.2, -0.15) is 0 Å². The number of carbonyl (C=O) groups excluding carboxylic acids is 1. The molecule has 4 nitrogen and oxygen atoms in total. The van der Waals surface area contributed by atoms with E-state index in [1.54, 1.807) is 0 Å². The van der Waals surface area contributed by atoms with Gasteiger partial charge in [0.2, 0.25) is 0 Å². The summed E-state index contributed by atoms with van der Waals surface area (Å²) >= 11 is 0. The quantitative estimate of drug-likeness (QED) is 0.250. The maximum atomic E-state index is 12.3. The molecule has 0 radical (unpaired) electrons. The van der Waals surface area contributed by atoms with E-state index >= 15 is 0 Å². The third kappa shape index (κ3) is 5.83. The molecule has 0 aliphatic heterocycles. The Balaban J connectivity index is 1.40. The molecule has 0 aromatic heterocycles. The molecule has 0 spiro atoms. The van der Waals surface area contributed by atoms with Gasteiger partial charge >= 0.3 is 5.97 Å². The Hall–Kier alpha value is -2.11. The highest BCUT2D eigenvalue weighted by atomic mass is 28.4. The molecular formula is C30H42O4Si. The van der Waals surface area contributed by atoms with E-state index in [9.17, 15) is 4.79 Å². The number of hydrogen-bond acceptors (Lipinski definition) is 4. The first-order valence-corrected chi connectivity index (χ1v) is 16.2. The molecule has 0 saturated heterocycles. The van der Waals surface area contributed by atoms with Crippen molar-refractivity contribution in [3.8, 4) is 5.75 Å². The summed E-state index contributed by atoms with van der Waals surface area (Å²) in [5, 5.41) is 0. The molecule has 190 valence electrons. The molecular weight excluding hydrogens is 452 g/mol. The average Bonchev–Trinajstić information content (AvgIpc) is 3.24. The van der Waals surface area contributed by atoms with Crippen molar-refractivity contribution in [2.45, 2.75) is 84.2 Å². The SMILES string of the molecule is CC[C@H]1C(O[Si](CC)(CC)CC)C[C@@H]2Cc3c(cccc3OCC(=O)OCc3ccccc3)C[C@@H]21. The first kappa shape index (κ1) is 26.0. The third-order valence-corrected chi connectivity index (χ3v) is 13.4. The van der Waals surface area contributed by atoms with Gasteiger partial charge in [-0.1, -0.05) is 76.6 Å². The smallest absolute Gasteiger partial charge is 0.344 e. The van der Waals surface area contributed by atoms with Crippen molar-refractivity contribution in [2.75, 3.05) is 6.61 Å². The Morgan fingerprint density at radius 1 is 0.943 bits per heavy atom. The highest BCUT2D eigenvalue weighted by Crippen LogP contribution is 2.50. The van der Waals surface area contributed by atoms with Crippen molar-refractivity contribution in [1.82, 2.24) is 0 Å². The molecule has 35 heavy (non-hydrogen) atoms. The van der Waals surface area contributed by atoms with Crippen molar-refractivity contribution in [3.63, 3.8) is 0 Å². The fourth-order valence-electron chi connectivity index (χ4n) is 6.45. The van der Waals surface area contributed by atoms with Crippen LogP contribution in [0.4, 0.5) is 0 Å². The molecule has 1 saturated carbocycles. The van der Waals surface area contributed by atoms with Gasteiger partial charge in [0, 0.05) is 6.10 Å². The number of hydrogen-bond donors (Lipinski definition) is 0. The predicted octanol–water partition coefficient (Wildman–Crippen LogP) is 6.96. The van der Waals surface area contributed by atoms with Crippen LogP contribution >= 0.6 is 0 Å². The monoisotopic (exact) mass is 494 g/mol. The van der Waals surface area contributed by atoms with Crippen molar-refractivity contribution in [3.05, 3.63) is 65.2 Å². The maximum absolute atomic E-state index is 12.3. The molecule has 2 aromatic carbocycles. The molecule has 5 heteroatoms. The number of esters is 1. The largest absolute Gasteiger partial charge is 0.482 e. The lowest BCUT2D eigenvalue weighted by Gasteiger charge is -2.35. The average molecular weight is 495 g/mol. The van der Waals surface area contributed by atoms with Gasteiger partial charge in [-0.3, -0.25) is 0 Å². The van der Waals surface area contributed by atoms with Gasteiger partial charge in [-0.15, -0.1) is 0 Å². The normalized spacial score (nSPS) is 23.4. The van der Waals surface area contributed by atoms with Crippen molar-refractivity contribution in [1.29, 1.82) is 0 Å². The second kappa shape index (κ2) is 11.7. The first-order chi connectivity index (χ1) is 17.0. The number of carbonyl (C=O) groups is 1. The molecule has 0 heterocycles. The molecule has 1 unspecified atom stereocenters. The summed E-state index contributed by atoms with van der Waals surface area (Å²) in [6, 6.07) is 19.7. The topological polar surface area (TPSA) is 44.8 Å². The van der Waals surface area contributed by atoms with Gasteiger partial charge in [-0.05, 0) is 77.9 Å². The Labute approximate surface area is 212 Å². The Morgan fingerprint density at radius 2 is 1.69 bits per heavy atom. The molecule has 2 aromatic rings. The van der Waals surface area contributed by atoms with Crippen molar-refractivity contribution in [2.24, 2.45) is 17.8 Å². The zero-order valence-corrected chi connectivity index (χ0v) is 22.9. The summed E-state index contributed by atoms with van der Waals surface area (Å²) in [5.74, 6) is 2.46. The highest BCUT2D eigenvalue weighted by Gasteiger charge is 2.47. The van der Waals surface area contributed by atoms with E-state index in [-0.39, 0.29) is 19.2 Å². The summed E-state index contributed by atoms with van der Waals surface area (Å²) in [4.78, 5) is 12.3. The van der Waals surface area contributed by atoms with E-state index < -0.39 is 8.32 Å². The number of rotatable bonds is 11. The first-order valence-electron chi connectivity index (χ1n) is 13.6. The molecule has 2 aliphatic carbocycles. The molecule has 4 rings (SSSR count). The van der Waals surface area contributed by atoms with Gasteiger partial charge in [0.05, 0.1) is 0 Å². The standard InChI is InChI=1S/C30H42O4Si/c1-5-25-26-17-23-15-12-16-28(32-21-30(31)33-20-22-13-10-9-11-14-22)27(23)18-24(26)19-29(25)34-35(6-2,7-3)8-4/h9-16,24-26,29H,5-8,17-21H2,1-4H3/t24-,25+,26-,29?/m0/s1. The Morgan fingerprint density at radius 3 is 2.37 bits per heavy atom. The molecule has 1 fully saturated rings. The van der Waals surface area contributed by atoms with E-state index in [1.807, 2.05) is 36.4 Å². The third-order valence-electron chi connectivity index (χ3n) is 8.71. The van der Waals surface area contributed by atoms with Crippen LogP contribution in [0.25, 0.3) is 0 Å². The minimum atomic E-state index is -1.63. The second-order valence-corrected chi connectivity index (χ2v) is 15.1. The van der Waals surface area contributed by atoms with E-state index in [4.69, 9.17) is 13.9 Å². The summed E-state index contributed by atoms with van der Waals surface area (Å²) in [6.45, 7) is 9.54. The Bertz CT molecular complexity index is 963. The minimum Gasteiger partial charge on any atom is -0.482 e. The molecule has 0 amide bonds. The molecule has 2 aliphatic rings. The summed E-state index contributed by atoms with van der Waals surface area (Å²) in [6.07, 6.45) is 4.85. The zero-order chi connectivity index (χ0) is 24.8. The van der Waals surface area contributed by atoms with Crippen molar-refractivity contribution >= 4 is 14.3 Å². The predicted molar refractivity (Wildman–Crippen MR) is 143 cm³/mol. The number of fused-ring (bicyclic) bond motifs is 2. The van der Waals surface area contributed by atoms with Gasteiger partial charge < -0.3 is 13.9 Å². The lowest BCUT2D eigenvalue weighted by atomic mass is 9.74. The highest BCUT2D eigenvalue weighted by molar-refractivity contribution is 6.73. The van der Waals surface area contributed by atoms with Gasteiger partial charge in [-0.25, -0.2) is 4.79 Å². The van der Waals surface area contributed by atoms with E-state index in [0.717, 1.165) is 30.6 Å². The van der Waals surface area contributed by atoms with Crippen LogP contribution in [0.5, 0.6) is 5.75 Å². The van der Waals surface area contributed by atoms with E-state index in [1.165, 1.54) is 35.7 Å². The van der Waals surface area contributed by atoms with Gasteiger partial charge in [0.1, 0.15) is 12.4 Å². The molecule has 0 bridgehead atoms. The van der Waals surface area contributed by atoms with Crippen molar-refractivity contribution < 1.29 is 18.7 Å².